The summed E-state index contributed by atoms with van der Waals surface area (Å²) in [7, 11) is 0. The zero-order valence-corrected chi connectivity index (χ0v) is 14.6. The lowest BCUT2D eigenvalue weighted by molar-refractivity contribution is -0.132. The van der Waals surface area contributed by atoms with Crippen molar-refractivity contribution < 1.29 is 9.90 Å². The van der Waals surface area contributed by atoms with Gasteiger partial charge in [-0.3, -0.25) is 0 Å². The van der Waals surface area contributed by atoms with Crippen molar-refractivity contribution in [2.75, 3.05) is 5.32 Å². The van der Waals surface area contributed by atoms with E-state index in [1.807, 2.05) is 35.7 Å². The van der Waals surface area contributed by atoms with E-state index in [1.54, 1.807) is 22.1 Å². The molecular formula is C17H14N4O2S2. The molecule has 1 aliphatic heterocycles. The molecule has 0 aliphatic carbocycles. The molecule has 1 atom stereocenters. The minimum absolute atomic E-state index is 0.123. The standard InChI is InChI=1S/C17H14N4O2S2/c22-15(23)12-9-13(14-7-4-8-24-14)21-16(18-12)19-17(20-21)25-10-11-5-2-1-3-6-11/h1-9,13H,10H2,(H,22,23)(H,18,19,20)/t13-/m1/s1. The van der Waals surface area contributed by atoms with E-state index in [-0.39, 0.29) is 11.7 Å². The van der Waals surface area contributed by atoms with Crippen LogP contribution in [0.3, 0.4) is 0 Å². The smallest absolute Gasteiger partial charge is 0.352 e. The maximum absolute atomic E-state index is 11.4. The van der Waals surface area contributed by atoms with Crippen molar-refractivity contribution in [1.82, 2.24) is 14.8 Å². The molecule has 3 heterocycles. The van der Waals surface area contributed by atoms with Crippen LogP contribution in [-0.2, 0) is 10.5 Å². The zero-order chi connectivity index (χ0) is 17.2. The number of hydrogen-bond acceptors (Lipinski definition) is 6. The second kappa shape index (κ2) is 6.73. The molecule has 2 N–H and O–H groups in total. The first-order valence-corrected chi connectivity index (χ1v) is 9.46. The Hall–Kier alpha value is -2.58. The monoisotopic (exact) mass is 370 g/mol. The van der Waals surface area contributed by atoms with Crippen molar-refractivity contribution in [1.29, 1.82) is 0 Å². The van der Waals surface area contributed by atoms with Crippen LogP contribution in [-0.4, -0.2) is 25.8 Å². The van der Waals surface area contributed by atoms with Gasteiger partial charge in [-0.05, 0) is 23.1 Å². The lowest BCUT2D eigenvalue weighted by Gasteiger charge is -2.20. The maximum atomic E-state index is 11.4. The van der Waals surface area contributed by atoms with Gasteiger partial charge in [0.1, 0.15) is 11.7 Å². The molecule has 4 rings (SSSR count). The van der Waals surface area contributed by atoms with Crippen molar-refractivity contribution in [2.45, 2.75) is 17.0 Å². The third-order valence-electron chi connectivity index (χ3n) is 3.72. The Morgan fingerprint density at radius 3 is 2.84 bits per heavy atom. The Labute approximate surface area is 152 Å². The number of thiophene rings is 1. The Balaban J connectivity index is 1.62. The van der Waals surface area contributed by atoms with E-state index in [4.69, 9.17) is 0 Å². The number of nitrogens with one attached hydrogen (secondary N) is 1. The molecule has 126 valence electrons. The van der Waals surface area contributed by atoms with Crippen molar-refractivity contribution in [3.63, 3.8) is 0 Å². The first kappa shape index (κ1) is 15.9. The lowest BCUT2D eigenvalue weighted by Crippen LogP contribution is -2.23. The van der Waals surface area contributed by atoms with Gasteiger partial charge in [-0.2, -0.15) is 4.98 Å². The third-order valence-corrected chi connectivity index (χ3v) is 5.57. The molecule has 1 aliphatic rings. The number of nitrogens with zero attached hydrogens (tertiary/aromatic N) is 3. The van der Waals surface area contributed by atoms with Gasteiger partial charge in [-0.25, -0.2) is 9.48 Å². The number of allylic oxidation sites excluding steroid dienone is 1. The van der Waals surface area contributed by atoms with Crippen LogP contribution in [0.4, 0.5) is 5.95 Å². The van der Waals surface area contributed by atoms with Crippen LogP contribution in [0.1, 0.15) is 16.5 Å². The van der Waals surface area contributed by atoms with Crippen LogP contribution >= 0.6 is 23.1 Å². The van der Waals surface area contributed by atoms with E-state index in [0.717, 1.165) is 10.6 Å². The van der Waals surface area contributed by atoms with Gasteiger partial charge in [0, 0.05) is 10.6 Å². The predicted molar refractivity (Wildman–Crippen MR) is 97.8 cm³/mol. The summed E-state index contributed by atoms with van der Waals surface area (Å²) < 4.78 is 1.74. The van der Waals surface area contributed by atoms with Crippen LogP contribution in [0.5, 0.6) is 0 Å². The number of carboxylic acids is 1. The molecule has 25 heavy (non-hydrogen) atoms. The number of fused-ring (bicyclic) bond motifs is 1. The van der Waals surface area contributed by atoms with E-state index >= 15 is 0 Å². The number of carboxylic acid groups (broad SMARTS) is 1. The molecule has 0 amide bonds. The molecule has 0 saturated carbocycles. The van der Waals surface area contributed by atoms with Gasteiger partial charge in [0.2, 0.25) is 11.1 Å². The molecule has 6 nitrogen and oxygen atoms in total. The minimum Gasteiger partial charge on any atom is -0.477 e. The molecule has 0 bridgehead atoms. The summed E-state index contributed by atoms with van der Waals surface area (Å²) in [6.07, 6.45) is 1.67. The van der Waals surface area contributed by atoms with E-state index in [0.29, 0.717) is 11.1 Å². The van der Waals surface area contributed by atoms with Crippen molar-refractivity contribution in [2.24, 2.45) is 0 Å². The topological polar surface area (TPSA) is 80.0 Å². The highest BCUT2D eigenvalue weighted by Crippen LogP contribution is 2.33. The molecule has 8 heteroatoms. The first-order chi connectivity index (χ1) is 12.2. The summed E-state index contributed by atoms with van der Waals surface area (Å²) in [4.78, 5) is 16.9. The fraction of sp³-hybridized carbons (Fsp3) is 0.118. The predicted octanol–water partition coefficient (Wildman–Crippen LogP) is 3.62. The molecule has 0 fully saturated rings. The highest BCUT2D eigenvalue weighted by Gasteiger charge is 2.27. The number of thioether (sulfide) groups is 1. The summed E-state index contributed by atoms with van der Waals surface area (Å²) in [5.41, 5.74) is 1.31. The second-order valence-electron chi connectivity index (χ2n) is 5.41. The van der Waals surface area contributed by atoms with Gasteiger partial charge in [-0.15, -0.1) is 16.4 Å². The third kappa shape index (κ3) is 3.31. The van der Waals surface area contributed by atoms with Crippen LogP contribution in [0.25, 0.3) is 0 Å². The molecule has 0 spiro atoms. The second-order valence-corrected chi connectivity index (χ2v) is 7.33. The van der Waals surface area contributed by atoms with Gasteiger partial charge in [-0.1, -0.05) is 48.2 Å². The number of benzene rings is 1. The fourth-order valence-corrected chi connectivity index (χ4v) is 4.11. The summed E-state index contributed by atoms with van der Waals surface area (Å²) in [6.45, 7) is 0. The average molecular weight is 370 g/mol. The molecular weight excluding hydrogens is 356 g/mol. The molecule has 0 unspecified atom stereocenters. The van der Waals surface area contributed by atoms with E-state index < -0.39 is 5.97 Å². The van der Waals surface area contributed by atoms with Crippen LogP contribution < -0.4 is 5.32 Å². The maximum Gasteiger partial charge on any atom is 0.352 e. The van der Waals surface area contributed by atoms with Gasteiger partial charge in [0.25, 0.3) is 0 Å². The molecule has 2 aromatic heterocycles. The van der Waals surface area contributed by atoms with Gasteiger partial charge < -0.3 is 10.4 Å². The van der Waals surface area contributed by atoms with Crippen molar-refractivity contribution in [3.8, 4) is 0 Å². The quantitative estimate of drug-likeness (QED) is 0.668. The Bertz CT molecular complexity index is 920. The molecule has 0 radical (unpaired) electrons. The van der Waals surface area contributed by atoms with Crippen LogP contribution in [0.2, 0.25) is 0 Å². The number of anilines is 1. The zero-order valence-electron chi connectivity index (χ0n) is 13.0. The van der Waals surface area contributed by atoms with Gasteiger partial charge in [0.05, 0.1) is 0 Å². The fourth-order valence-electron chi connectivity index (χ4n) is 2.54. The van der Waals surface area contributed by atoms with E-state index in [2.05, 4.69) is 27.5 Å². The largest absolute Gasteiger partial charge is 0.477 e. The van der Waals surface area contributed by atoms with Crippen LogP contribution in [0, 0.1) is 0 Å². The van der Waals surface area contributed by atoms with Gasteiger partial charge >= 0.3 is 5.97 Å². The molecule has 0 saturated heterocycles. The summed E-state index contributed by atoms with van der Waals surface area (Å²) in [6, 6.07) is 13.7. The lowest BCUT2D eigenvalue weighted by atomic mass is 10.2. The summed E-state index contributed by atoms with van der Waals surface area (Å²) >= 11 is 3.09. The first-order valence-electron chi connectivity index (χ1n) is 7.59. The van der Waals surface area contributed by atoms with Crippen LogP contribution in [0.15, 0.2) is 64.8 Å². The number of carbonyl (C=O) groups is 1. The van der Waals surface area contributed by atoms with Crippen molar-refractivity contribution >= 4 is 35.0 Å². The SMILES string of the molecule is O=C(O)C1=C[C@H](c2cccs2)n2nc(SCc3ccccc3)nc2N1. The van der Waals surface area contributed by atoms with Gasteiger partial charge in [0.15, 0.2) is 0 Å². The van der Waals surface area contributed by atoms with E-state index in [9.17, 15) is 9.90 Å². The highest BCUT2D eigenvalue weighted by atomic mass is 32.2. The molecule has 3 aromatic rings. The number of hydrogen-bond donors (Lipinski definition) is 2. The summed E-state index contributed by atoms with van der Waals surface area (Å²) in [5, 5.41) is 19.4. The molecule has 1 aromatic carbocycles. The Morgan fingerprint density at radius 2 is 2.12 bits per heavy atom. The Kier molecular flexibility index (Phi) is 4.29. The number of aromatic nitrogens is 3. The van der Waals surface area contributed by atoms with Crippen molar-refractivity contribution in [3.05, 3.63) is 70.1 Å². The number of rotatable bonds is 5. The number of aliphatic carboxylic acids is 1. The highest BCUT2D eigenvalue weighted by molar-refractivity contribution is 7.98. The summed E-state index contributed by atoms with van der Waals surface area (Å²) in [5.74, 6) is 0.204. The van der Waals surface area contributed by atoms with E-state index in [1.165, 1.54) is 17.3 Å². The normalized spacial score (nSPS) is 16.0. The Morgan fingerprint density at radius 1 is 1.28 bits per heavy atom. The minimum atomic E-state index is -1.01. The average Bonchev–Trinajstić information content (AvgIpc) is 3.29.